The number of nitrogens with two attached hydrogens (primary N) is 1. The van der Waals surface area contributed by atoms with Crippen LogP contribution in [0.1, 0.15) is 63.5 Å². The lowest BCUT2D eigenvalue weighted by atomic mass is 9.69. The molecule has 1 aliphatic rings. The molecule has 1 saturated heterocycles. The number of unbranched alkanes of at least 4 members (excludes halogenated alkanes) is 1. The zero-order valence-corrected chi connectivity index (χ0v) is 23.9. The van der Waals surface area contributed by atoms with E-state index in [0.717, 1.165) is 24.0 Å². The van der Waals surface area contributed by atoms with E-state index in [4.69, 9.17) is 19.9 Å². The number of nitriles is 1. The van der Waals surface area contributed by atoms with Gasteiger partial charge >= 0.3 is 5.91 Å². The van der Waals surface area contributed by atoms with Crippen LogP contribution in [-0.2, 0) is 21.5 Å². The Balaban J connectivity index is 1.83. The molecule has 0 bridgehead atoms. The van der Waals surface area contributed by atoms with E-state index in [1.54, 1.807) is 21.3 Å². The normalized spacial score (nSPS) is 20.2. The molecule has 0 saturated carbocycles. The van der Waals surface area contributed by atoms with Crippen LogP contribution in [0.2, 0.25) is 0 Å². The number of carbonyl (C=O) groups excluding carboxylic acids is 2. The molecule has 3 atom stereocenters. The summed E-state index contributed by atoms with van der Waals surface area (Å²) in [6.07, 6.45) is 3.63. The summed E-state index contributed by atoms with van der Waals surface area (Å²) in [5, 5.41) is 10.2. The quantitative estimate of drug-likeness (QED) is 0.288. The molecule has 2 aromatic rings. The highest BCUT2D eigenvalue weighted by Gasteiger charge is 2.50. The summed E-state index contributed by atoms with van der Waals surface area (Å²) in [6, 6.07) is 15.5. The molecular weight excluding hydrogens is 494 g/mol. The Labute approximate surface area is 232 Å². The predicted octanol–water partition coefficient (Wildman–Crippen LogP) is 4.88. The van der Waals surface area contributed by atoms with Crippen molar-refractivity contribution < 1.29 is 28.3 Å². The van der Waals surface area contributed by atoms with Crippen molar-refractivity contribution >= 4 is 11.8 Å². The van der Waals surface area contributed by atoms with Gasteiger partial charge in [0.25, 0.3) is 5.91 Å². The van der Waals surface area contributed by atoms with Gasteiger partial charge in [0.15, 0.2) is 17.5 Å². The molecule has 1 fully saturated rings. The lowest BCUT2D eigenvalue weighted by Gasteiger charge is -2.36. The molecule has 2 N–H and O–H groups in total. The Hall–Kier alpha value is -3.57. The van der Waals surface area contributed by atoms with Gasteiger partial charge in [-0.2, -0.15) is 5.26 Å². The van der Waals surface area contributed by atoms with E-state index in [-0.39, 0.29) is 16.3 Å². The summed E-state index contributed by atoms with van der Waals surface area (Å²) in [5.41, 5.74) is 7.03. The van der Waals surface area contributed by atoms with Crippen LogP contribution >= 0.6 is 0 Å². The molecule has 39 heavy (non-hydrogen) atoms. The zero-order chi connectivity index (χ0) is 28.6. The van der Waals surface area contributed by atoms with Crippen molar-refractivity contribution in [3.05, 3.63) is 53.6 Å². The van der Waals surface area contributed by atoms with Gasteiger partial charge in [0.2, 0.25) is 5.75 Å². The Bertz CT molecular complexity index is 1170. The van der Waals surface area contributed by atoms with Gasteiger partial charge in [0, 0.05) is 18.4 Å². The maximum Gasteiger partial charge on any atom is 0.314 e. The molecule has 0 aromatic heterocycles. The van der Waals surface area contributed by atoms with E-state index in [9.17, 15) is 14.9 Å². The highest BCUT2D eigenvalue weighted by Crippen LogP contribution is 2.41. The van der Waals surface area contributed by atoms with Gasteiger partial charge < -0.3 is 19.9 Å². The van der Waals surface area contributed by atoms with Gasteiger partial charge in [0.1, 0.15) is 6.54 Å². The third kappa shape index (κ3) is 6.04. The number of nitrogens with zero attached hydrogens (tertiary/aromatic N) is 2. The second kappa shape index (κ2) is 13.0. The van der Waals surface area contributed by atoms with Gasteiger partial charge in [0.05, 0.1) is 45.8 Å². The largest absolute Gasteiger partial charge is 0.493 e. The monoisotopic (exact) mass is 536 g/mol. The second-order valence-corrected chi connectivity index (χ2v) is 10.7. The zero-order valence-electron chi connectivity index (χ0n) is 23.9. The Morgan fingerprint density at radius 1 is 1.08 bits per heavy atom. The first-order valence-electron chi connectivity index (χ1n) is 13.6. The summed E-state index contributed by atoms with van der Waals surface area (Å²) in [5.74, 6) is 1.12. The van der Waals surface area contributed by atoms with Crippen molar-refractivity contribution in [3.63, 3.8) is 0 Å². The van der Waals surface area contributed by atoms with E-state index >= 15 is 0 Å². The number of quaternary nitrogens is 1. The molecule has 1 aliphatic heterocycles. The van der Waals surface area contributed by atoms with E-state index in [1.807, 2.05) is 42.5 Å². The van der Waals surface area contributed by atoms with Crippen molar-refractivity contribution in [2.45, 2.75) is 70.4 Å². The van der Waals surface area contributed by atoms with Crippen LogP contribution < -0.4 is 19.9 Å². The van der Waals surface area contributed by atoms with Crippen LogP contribution in [0.3, 0.4) is 0 Å². The SMILES string of the molecule is COc1cc(C[N@+]2(C(=O)CCCC[C@@](C#N)(c3ccccc3)C(C)C)CCCC2C(N)=O)cc(OC)c1OC. The number of amides is 2. The highest BCUT2D eigenvalue weighted by atomic mass is 16.5. The Morgan fingerprint density at radius 3 is 2.23 bits per heavy atom. The minimum Gasteiger partial charge on any atom is -0.493 e. The number of carbonyl (C=O) groups is 2. The van der Waals surface area contributed by atoms with Crippen molar-refractivity contribution in [2.24, 2.45) is 11.7 Å². The molecule has 1 heterocycles. The van der Waals surface area contributed by atoms with Gasteiger partial charge in [-0.1, -0.05) is 50.6 Å². The average Bonchev–Trinajstić information content (AvgIpc) is 3.37. The predicted molar refractivity (Wildman–Crippen MR) is 149 cm³/mol. The van der Waals surface area contributed by atoms with Gasteiger partial charge in [-0.05, 0) is 36.5 Å². The van der Waals surface area contributed by atoms with E-state index in [0.29, 0.717) is 56.0 Å². The minimum absolute atomic E-state index is 0.00290. The number of primary amides is 1. The fourth-order valence-corrected chi connectivity index (χ4v) is 6.14. The Morgan fingerprint density at radius 2 is 1.72 bits per heavy atom. The number of hydrogen-bond acceptors (Lipinski definition) is 6. The molecule has 210 valence electrons. The van der Waals surface area contributed by atoms with Crippen LogP contribution in [0.4, 0.5) is 0 Å². The van der Waals surface area contributed by atoms with Crippen LogP contribution in [0, 0.1) is 17.2 Å². The maximum absolute atomic E-state index is 13.9. The molecule has 2 aromatic carbocycles. The third-order valence-electron chi connectivity index (χ3n) is 8.33. The first-order valence-corrected chi connectivity index (χ1v) is 13.6. The maximum atomic E-state index is 13.9. The fraction of sp³-hybridized carbons (Fsp3) is 0.516. The number of hydrogen-bond donors (Lipinski definition) is 1. The summed E-state index contributed by atoms with van der Waals surface area (Å²) in [4.78, 5) is 26.5. The summed E-state index contributed by atoms with van der Waals surface area (Å²) in [7, 11) is 4.64. The van der Waals surface area contributed by atoms with E-state index < -0.39 is 17.4 Å². The molecule has 0 spiro atoms. The van der Waals surface area contributed by atoms with Crippen LogP contribution in [0.15, 0.2) is 42.5 Å². The molecule has 2 amide bonds. The molecule has 3 rings (SSSR count). The smallest absolute Gasteiger partial charge is 0.314 e. The fourth-order valence-electron chi connectivity index (χ4n) is 6.14. The lowest BCUT2D eigenvalue weighted by molar-refractivity contribution is -0.871. The molecule has 8 heteroatoms. The van der Waals surface area contributed by atoms with Crippen molar-refractivity contribution in [2.75, 3.05) is 27.9 Å². The Kier molecular flexibility index (Phi) is 9.98. The summed E-state index contributed by atoms with van der Waals surface area (Å²) < 4.78 is 16.5. The third-order valence-corrected chi connectivity index (χ3v) is 8.33. The van der Waals surface area contributed by atoms with Crippen LogP contribution in [0.25, 0.3) is 0 Å². The standard InChI is InChI=1S/C31H41N3O5/c1-22(2)31(21-32,24-12-7-6-8-13-24)16-10-9-15-28(35)34(17-11-14-25(34)30(33)36)20-23-18-26(37-3)29(39-5)27(19-23)38-4/h6-8,12-13,18-19,22,25H,9-11,14-17,20H2,1-5H3,(H-,33,36)/p+1/t25?,31-,34+/m0/s1. The lowest BCUT2D eigenvalue weighted by Crippen LogP contribution is -2.59. The van der Waals surface area contributed by atoms with Crippen LogP contribution in [0.5, 0.6) is 17.2 Å². The topological polar surface area (TPSA) is 112 Å². The second-order valence-electron chi connectivity index (χ2n) is 10.7. The van der Waals surface area contributed by atoms with E-state index in [2.05, 4.69) is 19.9 Å². The first-order chi connectivity index (χ1) is 18.7. The number of likely N-dealkylation sites (tertiary alicyclic amines) is 1. The number of benzene rings is 2. The number of rotatable bonds is 13. The van der Waals surface area contributed by atoms with Gasteiger partial charge in [-0.25, -0.2) is 9.28 Å². The van der Waals surface area contributed by atoms with Crippen molar-refractivity contribution in [1.82, 2.24) is 0 Å². The van der Waals surface area contributed by atoms with Crippen molar-refractivity contribution in [1.29, 1.82) is 5.26 Å². The highest BCUT2D eigenvalue weighted by molar-refractivity contribution is 5.82. The van der Waals surface area contributed by atoms with Gasteiger partial charge in [-0.15, -0.1) is 0 Å². The summed E-state index contributed by atoms with van der Waals surface area (Å²) >= 11 is 0. The van der Waals surface area contributed by atoms with Crippen LogP contribution in [-0.4, -0.2) is 50.2 Å². The first kappa shape index (κ1) is 30.0. The van der Waals surface area contributed by atoms with Crippen molar-refractivity contribution in [3.8, 4) is 23.3 Å². The average molecular weight is 537 g/mol. The molecular formula is C31H42N3O5+. The molecule has 1 unspecified atom stereocenters. The molecule has 0 aliphatic carbocycles. The molecule has 8 nitrogen and oxygen atoms in total. The minimum atomic E-state index is -0.615. The summed E-state index contributed by atoms with van der Waals surface area (Å²) in [6.45, 7) is 4.99. The number of ether oxygens (including phenoxy) is 3. The molecule has 0 radical (unpaired) electrons. The number of methoxy groups -OCH3 is 3. The van der Waals surface area contributed by atoms with Gasteiger partial charge in [-0.3, -0.25) is 4.79 Å². The van der Waals surface area contributed by atoms with E-state index in [1.165, 1.54) is 0 Å².